The number of ether oxygens (including phenoxy) is 1. The van der Waals surface area contributed by atoms with Crippen LogP contribution in [0.2, 0.25) is 0 Å². The van der Waals surface area contributed by atoms with Crippen LogP contribution in [0.5, 0.6) is 0 Å². The molecule has 158 valence electrons. The molecule has 0 bridgehead atoms. The van der Waals surface area contributed by atoms with Gasteiger partial charge in [0.2, 0.25) is 5.78 Å². The van der Waals surface area contributed by atoms with E-state index in [9.17, 15) is 14.4 Å². The van der Waals surface area contributed by atoms with Gasteiger partial charge in [-0.2, -0.15) is 0 Å². The molecule has 0 saturated carbocycles. The second kappa shape index (κ2) is 11.3. The van der Waals surface area contributed by atoms with Crippen molar-refractivity contribution in [1.29, 1.82) is 5.41 Å². The lowest BCUT2D eigenvalue weighted by molar-refractivity contribution is -0.108. The predicted octanol–water partition coefficient (Wildman–Crippen LogP) is 1.98. The number of amides is 1. The molecule has 0 fully saturated rings. The van der Waals surface area contributed by atoms with E-state index in [0.29, 0.717) is 23.0 Å². The van der Waals surface area contributed by atoms with Crippen LogP contribution in [0.25, 0.3) is 5.70 Å². The molecule has 0 atom stereocenters. The molecule has 8 heteroatoms. The smallest absolute Gasteiger partial charge is 0.253 e. The van der Waals surface area contributed by atoms with Gasteiger partial charge >= 0.3 is 0 Å². The number of methoxy groups -OCH3 is 1. The Morgan fingerprint density at radius 1 is 1.03 bits per heavy atom. The lowest BCUT2D eigenvalue weighted by Crippen LogP contribution is -2.21. The Morgan fingerprint density at radius 3 is 2.03 bits per heavy atom. The highest BCUT2D eigenvalue weighted by Crippen LogP contribution is 2.16. The number of hydrogen-bond acceptors (Lipinski definition) is 7. The van der Waals surface area contributed by atoms with Crippen LogP contribution >= 0.6 is 0 Å². The fourth-order valence-corrected chi connectivity index (χ4v) is 2.38. The summed E-state index contributed by atoms with van der Waals surface area (Å²) in [5.41, 5.74) is 13.4. The molecular formula is C22H26N4O4. The molecule has 8 nitrogen and oxygen atoms in total. The van der Waals surface area contributed by atoms with Gasteiger partial charge in [-0.3, -0.25) is 19.8 Å². The summed E-state index contributed by atoms with van der Waals surface area (Å²) in [5.74, 6) is -0.761. The van der Waals surface area contributed by atoms with E-state index in [-0.39, 0.29) is 28.6 Å². The van der Waals surface area contributed by atoms with Crippen molar-refractivity contribution in [3.63, 3.8) is 0 Å². The van der Waals surface area contributed by atoms with Gasteiger partial charge in [0.15, 0.2) is 0 Å². The van der Waals surface area contributed by atoms with E-state index in [1.54, 1.807) is 52.6 Å². The minimum atomic E-state index is -0.619. The summed E-state index contributed by atoms with van der Waals surface area (Å²) in [7, 11) is 6.56. The first-order chi connectivity index (χ1) is 14.2. The molecule has 0 aromatic heterocycles. The first-order valence-corrected chi connectivity index (χ1v) is 8.83. The Morgan fingerprint density at radius 2 is 1.57 bits per heavy atom. The third-order valence-electron chi connectivity index (χ3n) is 3.89. The molecule has 0 aliphatic heterocycles. The third-order valence-corrected chi connectivity index (χ3v) is 3.89. The molecule has 0 aliphatic carbocycles. The van der Waals surface area contributed by atoms with Crippen LogP contribution in [-0.4, -0.2) is 56.9 Å². The van der Waals surface area contributed by atoms with Crippen molar-refractivity contribution >= 4 is 35.1 Å². The number of hydrogen-bond donors (Lipinski definition) is 3. The topological polar surface area (TPSA) is 140 Å². The van der Waals surface area contributed by atoms with Crippen molar-refractivity contribution in [3.05, 3.63) is 70.8 Å². The molecular weight excluding hydrogens is 384 g/mol. The van der Waals surface area contributed by atoms with E-state index >= 15 is 0 Å². The number of ketones is 1. The fraction of sp³-hybridized carbons (Fsp3) is 0.182. The van der Waals surface area contributed by atoms with E-state index in [1.807, 2.05) is 0 Å². The number of benzene rings is 2. The average Bonchev–Trinajstić information content (AvgIpc) is 2.73. The van der Waals surface area contributed by atoms with Crippen molar-refractivity contribution in [2.75, 3.05) is 34.0 Å². The molecule has 0 unspecified atom stereocenters. The normalized spacial score (nSPS) is 10.5. The number of nitrogens with zero attached hydrogens (tertiary/aromatic N) is 1. The van der Waals surface area contributed by atoms with Crippen molar-refractivity contribution < 1.29 is 19.1 Å². The Kier molecular flexibility index (Phi) is 9.12. The monoisotopic (exact) mass is 410 g/mol. The highest BCUT2D eigenvalue weighted by atomic mass is 16.4. The summed E-state index contributed by atoms with van der Waals surface area (Å²) >= 11 is 0. The molecule has 0 radical (unpaired) electrons. The number of nitrogens with one attached hydrogen (secondary N) is 1. The van der Waals surface area contributed by atoms with Crippen LogP contribution in [0.4, 0.5) is 5.69 Å². The van der Waals surface area contributed by atoms with Gasteiger partial charge in [-0.05, 0) is 29.8 Å². The quantitative estimate of drug-likeness (QED) is 0.288. The molecule has 0 spiro atoms. The van der Waals surface area contributed by atoms with Crippen molar-refractivity contribution in [2.45, 2.75) is 0 Å². The van der Waals surface area contributed by atoms with E-state index in [0.717, 1.165) is 6.08 Å². The van der Waals surface area contributed by atoms with Gasteiger partial charge in [-0.1, -0.05) is 18.2 Å². The molecule has 5 N–H and O–H groups in total. The minimum Gasteiger partial charge on any atom is -0.398 e. The highest BCUT2D eigenvalue weighted by Gasteiger charge is 2.14. The molecule has 1 amide bonds. The average molecular weight is 410 g/mol. The second-order valence-corrected chi connectivity index (χ2v) is 6.49. The van der Waals surface area contributed by atoms with Crippen LogP contribution in [0.3, 0.4) is 0 Å². The van der Waals surface area contributed by atoms with Crippen LogP contribution in [0.1, 0.15) is 31.8 Å². The number of rotatable bonds is 6. The Hall–Kier alpha value is -3.78. The third kappa shape index (κ3) is 6.39. The lowest BCUT2D eigenvalue weighted by atomic mass is 10.0. The summed E-state index contributed by atoms with van der Waals surface area (Å²) in [6.07, 6.45) is 1.77. The molecule has 0 saturated heterocycles. The van der Waals surface area contributed by atoms with E-state index in [2.05, 4.69) is 4.74 Å². The van der Waals surface area contributed by atoms with Crippen LogP contribution in [0.15, 0.2) is 48.5 Å². The highest BCUT2D eigenvalue weighted by molar-refractivity contribution is 6.50. The maximum atomic E-state index is 12.3. The fourth-order valence-electron chi connectivity index (χ4n) is 2.38. The SMILES string of the molecule is CN(C)C(=O)c1ccc(/C(N)=C/C(=O)C(=N)c2ccc(C=O)cc2N)cc1.COC. The second-order valence-electron chi connectivity index (χ2n) is 6.49. The number of nitrogen functional groups attached to an aromatic ring is 1. The van der Waals surface area contributed by atoms with Crippen LogP contribution in [0, 0.1) is 5.41 Å². The van der Waals surface area contributed by atoms with Crippen LogP contribution in [-0.2, 0) is 9.53 Å². The molecule has 0 aliphatic rings. The zero-order valence-corrected chi connectivity index (χ0v) is 17.4. The largest absolute Gasteiger partial charge is 0.398 e. The van der Waals surface area contributed by atoms with Crippen molar-refractivity contribution in [2.24, 2.45) is 5.73 Å². The number of nitrogens with two attached hydrogens (primary N) is 2. The van der Waals surface area contributed by atoms with Gasteiger partial charge in [-0.25, -0.2) is 0 Å². The van der Waals surface area contributed by atoms with Gasteiger partial charge in [-0.15, -0.1) is 0 Å². The van der Waals surface area contributed by atoms with E-state index in [1.165, 1.54) is 23.1 Å². The Balaban J connectivity index is 0.00000141. The standard InChI is InChI=1S/C20H20N4O3.C2H6O/c1-24(2)20(27)14-6-4-13(5-7-14)16(21)10-18(26)19(23)15-8-3-12(11-25)9-17(15)22;1-3-2/h3-11,23H,21-22H2,1-2H3;1-2H3/b16-10-,23-19?;. The van der Waals surface area contributed by atoms with E-state index in [4.69, 9.17) is 16.9 Å². The van der Waals surface area contributed by atoms with Gasteiger partial charge in [0.25, 0.3) is 5.91 Å². The summed E-state index contributed by atoms with van der Waals surface area (Å²) < 4.78 is 4.25. The summed E-state index contributed by atoms with van der Waals surface area (Å²) in [5, 5.41) is 8.03. The number of carbonyl (C=O) groups excluding carboxylic acids is 3. The van der Waals surface area contributed by atoms with Crippen molar-refractivity contribution in [3.8, 4) is 0 Å². The zero-order chi connectivity index (χ0) is 22.8. The molecule has 2 rings (SSSR count). The van der Waals surface area contributed by atoms with Gasteiger partial charge in [0.1, 0.15) is 12.0 Å². The number of anilines is 1. The maximum Gasteiger partial charge on any atom is 0.253 e. The molecule has 2 aromatic rings. The number of carbonyl (C=O) groups is 3. The first-order valence-electron chi connectivity index (χ1n) is 8.83. The Bertz CT molecular complexity index is 964. The number of aldehydes is 1. The van der Waals surface area contributed by atoms with Crippen LogP contribution < -0.4 is 11.5 Å². The van der Waals surface area contributed by atoms with Gasteiger partial charge in [0.05, 0.1) is 0 Å². The van der Waals surface area contributed by atoms with E-state index < -0.39 is 5.78 Å². The summed E-state index contributed by atoms with van der Waals surface area (Å²) in [6.45, 7) is 0. The summed E-state index contributed by atoms with van der Waals surface area (Å²) in [4.78, 5) is 36.4. The molecule has 2 aromatic carbocycles. The Labute approximate surface area is 175 Å². The minimum absolute atomic E-state index is 0.142. The first kappa shape index (κ1) is 24.3. The predicted molar refractivity (Wildman–Crippen MR) is 118 cm³/mol. The lowest BCUT2D eigenvalue weighted by Gasteiger charge is -2.10. The van der Waals surface area contributed by atoms with Gasteiger partial charge < -0.3 is 21.1 Å². The number of allylic oxidation sites excluding steroid dienone is 1. The van der Waals surface area contributed by atoms with Gasteiger partial charge in [0, 0.05) is 62.5 Å². The molecule has 30 heavy (non-hydrogen) atoms. The van der Waals surface area contributed by atoms with Crippen molar-refractivity contribution in [1.82, 2.24) is 4.90 Å². The molecule has 0 heterocycles. The maximum absolute atomic E-state index is 12.3. The zero-order valence-electron chi connectivity index (χ0n) is 17.4. The summed E-state index contributed by atoms with van der Waals surface area (Å²) in [6, 6.07) is 10.8.